The van der Waals surface area contributed by atoms with E-state index in [0.717, 1.165) is 10.6 Å². The van der Waals surface area contributed by atoms with Crippen LogP contribution in [0.5, 0.6) is 0 Å². The summed E-state index contributed by atoms with van der Waals surface area (Å²) in [5, 5.41) is 5.04. The number of ketones is 1. The van der Waals surface area contributed by atoms with Gasteiger partial charge < -0.3 is 5.32 Å². The number of nitrogens with one attached hydrogen (secondary N) is 1. The van der Waals surface area contributed by atoms with Crippen molar-refractivity contribution in [2.75, 3.05) is 5.32 Å². The third kappa shape index (κ3) is 4.62. The summed E-state index contributed by atoms with van der Waals surface area (Å²) in [6, 6.07) is 10.2. The van der Waals surface area contributed by atoms with E-state index in [4.69, 9.17) is 0 Å². The van der Waals surface area contributed by atoms with Crippen molar-refractivity contribution in [3.8, 4) is 0 Å². The Labute approximate surface area is 158 Å². The van der Waals surface area contributed by atoms with Crippen LogP contribution in [-0.4, -0.2) is 16.7 Å². The van der Waals surface area contributed by atoms with Crippen LogP contribution in [0.2, 0.25) is 0 Å². The van der Waals surface area contributed by atoms with Crippen LogP contribution in [0.1, 0.15) is 38.6 Å². The number of amides is 1. The lowest BCUT2D eigenvalue weighted by atomic mass is 10.1. The number of hydrogen-bond donors (Lipinski definition) is 1. The molecule has 2 aromatic heterocycles. The molecule has 0 aliphatic heterocycles. The molecule has 1 N–H and O–H groups in total. The summed E-state index contributed by atoms with van der Waals surface area (Å²) in [6.45, 7) is 1.84. The van der Waals surface area contributed by atoms with Gasteiger partial charge in [0, 0.05) is 24.1 Å². The Bertz CT molecular complexity index is 920. The number of thiophene rings is 1. The van der Waals surface area contributed by atoms with E-state index >= 15 is 0 Å². The van der Waals surface area contributed by atoms with Gasteiger partial charge in [-0.05, 0) is 30.0 Å². The van der Waals surface area contributed by atoms with Crippen molar-refractivity contribution in [1.82, 2.24) is 4.98 Å². The number of carbonyl (C=O) groups excluding carboxylic acids is 2. The lowest BCUT2D eigenvalue weighted by Crippen LogP contribution is -2.13. The molecule has 1 amide bonds. The second-order valence-electron chi connectivity index (χ2n) is 5.74. The number of anilines is 1. The fraction of sp³-hybridized carbons (Fsp3) is 0.211. The number of thiazole rings is 1. The van der Waals surface area contributed by atoms with Gasteiger partial charge in [-0.2, -0.15) is 0 Å². The van der Waals surface area contributed by atoms with Crippen molar-refractivity contribution in [2.24, 2.45) is 0 Å². The molecule has 0 radical (unpaired) electrons. The summed E-state index contributed by atoms with van der Waals surface area (Å²) in [7, 11) is 0. The highest BCUT2D eigenvalue weighted by atomic mass is 32.1. The first-order chi connectivity index (χ1) is 12.5. The van der Waals surface area contributed by atoms with Gasteiger partial charge in [0.05, 0.1) is 10.6 Å². The van der Waals surface area contributed by atoms with E-state index in [-0.39, 0.29) is 30.3 Å². The Morgan fingerprint density at radius 3 is 2.69 bits per heavy atom. The van der Waals surface area contributed by atoms with E-state index in [9.17, 15) is 14.0 Å². The van der Waals surface area contributed by atoms with Crippen LogP contribution < -0.4 is 5.32 Å². The summed E-state index contributed by atoms with van der Waals surface area (Å²) in [5.41, 5.74) is 1.36. The third-order valence-electron chi connectivity index (χ3n) is 3.82. The molecular weight excluding hydrogens is 371 g/mol. The molecule has 134 valence electrons. The Hall–Kier alpha value is -2.38. The fourth-order valence-electron chi connectivity index (χ4n) is 2.43. The first-order valence-electron chi connectivity index (χ1n) is 8.09. The van der Waals surface area contributed by atoms with Crippen LogP contribution in [0.25, 0.3) is 0 Å². The monoisotopic (exact) mass is 388 g/mol. The van der Waals surface area contributed by atoms with E-state index in [2.05, 4.69) is 10.3 Å². The van der Waals surface area contributed by atoms with Crippen molar-refractivity contribution in [3.63, 3.8) is 0 Å². The number of benzene rings is 1. The minimum atomic E-state index is -0.252. The minimum absolute atomic E-state index is 0.0364. The molecule has 0 spiro atoms. The summed E-state index contributed by atoms with van der Waals surface area (Å²) in [5.74, 6) is -0.537. The molecule has 26 heavy (non-hydrogen) atoms. The quantitative estimate of drug-likeness (QED) is 0.589. The smallest absolute Gasteiger partial charge is 0.226 e. The summed E-state index contributed by atoms with van der Waals surface area (Å²) in [6.07, 6.45) is 0.708. The molecule has 7 heteroatoms. The summed E-state index contributed by atoms with van der Waals surface area (Å²) < 4.78 is 13.8. The number of nitrogens with zero attached hydrogens (tertiary/aromatic N) is 1. The minimum Gasteiger partial charge on any atom is -0.302 e. The van der Waals surface area contributed by atoms with E-state index in [1.165, 1.54) is 28.7 Å². The summed E-state index contributed by atoms with van der Waals surface area (Å²) >= 11 is 2.70. The van der Waals surface area contributed by atoms with Crippen LogP contribution in [0, 0.1) is 12.7 Å². The van der Waals surface area contributed by atoms with Gasteiger partial charge in [0.15, 0.2) is 10.9 Å². The number of hydrogen-bond acceptors (Lipinski definition) is 5. The predicted molar refractivity (Wildman–Crippen MR) is 103 cm³/mol. The highest BCUT2D eigenvalue weighted by Gasteiger charge is 2.14. The molecule has 0 saturated carbocycles. The van der Waals surface area contributed by atoms with Gasteiger partial charge in [-0.1, -0.05) is 24.3 Å². The average Bonchev–Trinajstić information content (AvgIpc) is 3.25. The molecule has 0 aliphatic carbocycles. The van der Waals surface area contributed by atoms with Crippen LogP contribution in [0.15, 0.2) is 41.8 Å². The molecule has 0 unspecified atom stereocenters. The maximum Gasteiger partial charge on any atom is 0.226 e. The predicted octanol–water partition coefficient (Wildman–Crippen LogP) is 4.84. The maximum atomic E-state index is 13.8. The zero-order valence-electron chi connectivity index (χ0n) is 14.1. The number of Topliss-reactive ketones (excluding diaryl/α,β-unsaturated/α-hetero) is 1. The van der Waals surface area contributed by atoms with E-state index in [1.807, 2.05) is 18.4 Å². The lowest BCUT2D eigenvalue weighted by molar-refractivity contribution is -0.116. The second kappa shape index (κ2) is 8.33. The van der Waals surface area contributed by atoms with Gasteiger partial charge in [-0.25, -0.2) is 9.37 Å². The molecule has 0 bridgehead atoms. The van der Waals surface area contributed by atoms with E-state index < -0.39 is 0 Å². The number of aromatic nitrogens is 1. The first-order valence-corrected chi connectivity index (χ1v) is 9.79. The molecule has 1 aromatic carbocycles. The van der Waals surface area contributed by atoms with Crippen LogP contribution >= 0.6 is 22.7 Å². The fourth-order valence-corrected chi connectivity index (χ4v) is 4.13. The van der Waals surface area contributed by atoms with Gasteiger partial charge >= 0.3 is 0 Å². The second-order valence-corrected chi connectivity index (χ2v) is 7.78. The third-order valence-corrected chi connectivity index (χ3v) is 5.81. The molecule has 0 atom stereocenters. The number of carbonyl (C=O) groups is 2. The van der Waals surface area contributed by atoms with Gasteiger partial charge in [0.25, 0.3) is 0 Å². The van der Waals surface area contributed by atoms with Crippen LogP contribution in [0.3, 0.4) is 0 Å². The largest absolute Gasteiger partial charge is 0.302 e. The standard InChI is InChI=1S/C19H17FN2O2S2/c1-12-17(11-13-5-2-3-6-14(13)20)26-19(21-12)22-18(24)9-8-15(23)16-7-4-10-25-16/h2-7,10H,8-9,11H2,1H3,(H,21,22,24). The van der Waals surface area contributed by atoms with Crippen LogP contribution in [-0.2, 0) is 11.2 Å². The topological polar surface area (TPSA) is 59.1 Å². The molecule has 2 heterocycles. The van der Waals surface area contributed by atoms with Gasteiger partial charge in [-0.15, -0.1) is 22.7 Å². The number of rotatable bonds is 7. The SMILES string of the molecule is Cc1nc(NC(=O)CCC(=O)c2cccs2)sc1Cc1ccccc1F. The van der Waals surface area contributed by atoms with Gasteiger partial charge in [-0.3, -0.25) is 9.59 Å². The van der Waals surface area contributed by atoms with E-state index in [0.29, 0.717) is 22.0 Å². The van der Waals surface area contributed by atoms with Crippen molar-refractivity contribution in [2.45, 2.75) is 26.2 Å². The van der Waals surface area contributed by atoms with Crippen molar-refractivity contribution >= 4 is 39.5 Å². The van der Waals surface area contributed by atoms with E-state index in [1.54, 1.807) is 24.3 Å². The lowest BCUT2D eigenvalue weighted by Gasteiger charge is -2.01. The highest BCUT2D eigenvalue weighted by Crippen LogP contribution is 2.26. The molecule has 0 fully saturated rings. The van der Waals surface area contributed by atoms with Gasteiger partial charge in [0.1, 0.15) is 5.82 Å². The average molecular weight is 388 g/mol. The Kier molecular flexibility index (Phi) is 5.90. The zero-order valence-corrected chi connectivity index (χ0v) is 15.8. The molecule has 3 rings (SSSR count). The normalized spacial score (nSPS) is 10.7. The zero-order chi connectivity index (χ0) is 18.5. The Balaban J connectivity index is 1.57. The molecule has 4 nitrogen and oxygen atoms in total. The molecule has 0 aliphatic rings. The molecule has 0 saturated heterocycles. The van der Waals surface area contributed by atoms with Gasteiger partial charge in [0.2, 0.25) is 5.91 Å². The maximum absolute atomic E-state index is 13.8. The number of aryl methyl sites for hydroxylation is 1. The summed E-state index contributed by atoms with van der Waals surface area (Å²) in [4.78, 5) is 29.9. The molecular formula is C19H17FN2O2S2. The highest BCUT2D eigenvalue weighted by molar-refractivity contribution is 7.15. The Morgan fingerprint density at radius 1 is 1.15 bits per heavy atom. The van der Waals surface area contributed by atoms with Crippen molar-refractivity contribution < 1.29 is 14.0 Å². The van der Waals surface area contributed by atoms with Crippen LogP contribution in [0.4, 0.5) is 9.52 Å². The number of halogens is 1. The Morgan fingerprint density at radius 2 is 1.96 bits per heavy atom. The first kappa shape index (κ1) is 18.4. The van der Waals surface area contributed by atoms with Crippen molar-refractivity contribution in [3.05, 3.63) is 68.6 Å². The molecule has 3 aromatic rings. The van der Waals surface area contributed by atoms with Crippen molar-refractivity contribution in [1.29, 1.82) is 0 Å².